The van der Waals surface area contributed by atoms with Crippen LogP contribution < -0.4 is 20.1 Å². The summed E-state index contributed by atoms with van der Waals surface area (Å²) in [6.07, 6.45) is 1.98. The van der Waals surface area contributed by atoms with Crippen molar-refractivity contribution >= 4 is 17.4 Å². The Morgan fingerprint density at radius 1 is 1.03 bits per heavy atom. The summed E-state index contributed by atoms with van der Waals surface area (Å²) in [5.41, 5.74) is 2.80. The van der Waals surface area contributed by atoms with E-state index in [4.69, 9.17) is 9.47 Å². The van der Waals surface area contributed by atoms with Crippen LogP contribution in [-0.4, -0.2) is 31.2 Å². The molecule has 3 aromatic rings. The van der Waals surface area contributed by atoms with E-state index in [-0.39, 0.29) is 5.91 Å². The molecule has 6 heteroatoms. The fraction of sp³-hybridized carbons (Fsp3) is 0.217. The van der Waals surface area contributed by atoms with E-state index in [1.54, 1.807) is 13.3 Å². The van der Waals surface area contributed by atoms with Crippen molar-refractivity contribution in [2.45, 2.75) is 13.3 Å². The van der Waals surface area contributed by atoms with Gasteiger partial charge in [-0.05, 0) is 48.9 Å². The summed E-state index contributed by atoms with van der Waals surface area (Å²) in [4.78, 5) is 16.5. The van der Waals surface area contributed by atoms with Crippen molar-refractivity contribution in [1.29, 1.82) is 0 Å². The number of hydrogen-bond donors (Lipinski definition) is 2. The predicted octanol–water partition coefficient (Wildman–Crippen LogP) is 4.07. The molecule has 0 aliphatic rings. The highest BCUT2D eigenvalue weighted by Gasteiger charge is 2.05. The van der Waals surface area contributed by atoms with Gasteiger partial charge in [-0.15, -0.1) is 0 Å². The molecule has 1 amide bonds. The molecule has 0 atom stereocenters. The van der Waals surface area contributed by atoms with Gasteiger partial charge >= 0.3 is 0 Å². The first kappa shape index (κ1) is 20.2. The molecule has 1 aromatic heterocycles. The third-order valence-electron chi connectivity index (χ3n) is 4.23. The summed E-state index contributed by atoms with van der Waals surface area (Å²) >= 11 is 0. The molecule has 0 aliphatic carbocycles. The average molecular weight is 391 g/mol. The van der Waals surface area contributed by atoms with Crippen molar-refractivity contribution in [3.63, 3.8) is 0 Å². The quantitative estimate of drug-likeness (QED) is 0.538. The van der Waals surface area contributed by atoms with Gasteiger partial charge in [-0.25, -0.2) is 4.98 Å². The number of nitrogens with one attached hydrogen (secondary N) is 2. The van der Waals surface area contributed by atoms with Crippen molar-refractivity contribution in [2.75, 3.05) is 30.9 Å². The first-order valence-electron chi connectivity index (χ1n) is 9.44. The van der Waals surface area contributed by atoms with Crippen LogP contribution in [0, 0.1) is 6.92 Å². The number of aryl methyl sites for hydroxylation is 1. The third kappa shape index (κ3) is 6.53. The maximum absolute atomic E-state index is 12.2. The van der Waals surface area contributed by atoms with E-state index < -0.39 is 0 Å². The van der Waals surface area contributed by atoms with Crippen molar-refractivity contribution in [3.05, 3.63) is 78.0 Å². The second kappa shape index (κ2) is 10.1. The van der Waals surface area contributed by atoms with Crippen molar-refractivity contribution in [1.82, 2.24) is 4.98 Å². The maximum atomic E-state index is 12.2. The number of aromatic nitrogens is 1. The average Bonchev–Trinajstić information content (AvgIpc) is 2.73. The molecular weight excluding hydrogens is 366 g/mol. The fourth-order valence-corrected chi connectivity index (χ4v) is 2.80. The van der Waals surface area contributed by atoms with E-state index in [0.717, 1.165) is 28.4 Å². The Kier molecular flexibility index (Phi) is 7.05. The number of rotatable bonds is 9. The molecule has 3 rings (SSSR count). The molecule has 6 nitrogen and oxygen atoms in total. The standard InChI is InChI=1S/C23H25N3O3/c1-17-4-3-5-18(14-17)15-23(27)26-19-6-11-22(25-16-19)24-12-13-29-21-9-7-20(28-2)8-10-21/h3-11,14,16H,12-13,15H2,1-2H3,(H,24,25)(H,26,27). The maximum Gasteiger partial charge on any atom is 0.228 e. The van der Waals surface area contributed by atoms with Crippen LogP contribution in [0.3, 0.4) is 0 Å². The topological polar surface area (TPSA) is 72.5 Å². The van der Waals surface area contributed by atoms with Crippen LogP contribution in [0.25, 0.3) is 0 Å². The first-order valence-corrected chi connectivity index (χ1v) is 9.44. The molecule has 2 aromatic carbocycles. The molecule has 150 valence electrons. The second-order valence-corrected chi connectivity index (χ2v) is 6.60. The van der Waals surface area contributed by atoms with Crippen LogP contribution in [0.1, 0.15) is 11.1 Å². The molecule has 0 radical (unpaired) electrons. The molecule has 0 aliphatic heterocycles. The Morgan fingerprint density at radius 2 is 1.83 bits per heavy atom. The van der Waals surface area contributed by atoms with Gasteiger partial charge in [0.1, 0.15) is 23.9 Å². The predicted molar refractivity (Wildman–Crippen MR) is 115 cm³/mol. The lowest BCUT2D eigenvalue weighted by molar-refractivity contribution is -0.115. The molecule has 2 N–H and O–H groups in total. The van der Waals surface area contributed by atoms with Gasteiger partial charge in [-0.2, -0.15) is 0 Å². The van der Waals surface area contributed by atoms with Gasteiger partial charge in [0.15, 0.2) is 0 Å². The number of hydrogen-bond acceptors (Lipinski definition) is 5. The SMILES string of the molecule is COc1ccc(OCCNc2ccc(NC(=O)Cc3cccc(C)c3)cn2)cc1. The molecule has 0 fully saturated rings. The number of benzene rings is 2. The Morgan fingerprint density at radius 3 is 2.52 bits per heavy atom. The summed E-state index contributed by atoms with van der Waals surface area (Å²) in [7, 11) is 1.63. The van der Waals surface area contributed by atoms with Crippen molar-refractivity contribution in [3.8, 4) is 11.5 Å². The minimum atomic E-state index is -0.0639. The van der Waals surface area contributed by atoms with Gasteiger partial charge in [0.2, 0.25) is 5.91 Å². The van der Waals surface area contributed by atoms with Gasteiger partial charge < -0.3 is 20.1 Å². The zero-order valence-corrected chi connectivity index (χ0v) is 16.6. The summed E-state index contributed by atoms with van der Waals surface area (Å²) in [6.45, 7) is 3.13. The highest BCUT2D eigenvalue weighted by molar-refractivity contribution is 5.92. The lowest BCUT2D eigenvalue weighted by Crippen LogP contribution is -2.15. The third-order valence-corrected chi connectivity index (χ3v) is 4.23. The number of ether oxygens (including phenoxy) is 2. The Labute approximate surface area is 170 Å². The lowest BCUT2D eigenvalue weighted by Gasteiger charge is -2.10. The van der Waals surface area contributed by atoms with E-state index >= 15 is 0 Å². The minimum absolute atomic E-state index is 0.0639. The molecule has 0 saturated carbocycles. The fourth-order valence-electron chi connectivity index (χ4n) is 2.80. The minimum Gasteiger partial charge on any atom is -0.497 e. The van der Waals surface area contributed by atoms with Gasteiger partial charge in [0, 0.05) is 0 Å². The summed E-state index contributed by atoms with van der Waals surface area (Å²) in [5, 5.41) is 6.06. The number of methoxy groups -OCH3 is 1. The summed E-state index contributed by atoms with van der Waals surface area (Å²) < 4.78 is 10.8. The molecular formula is C23H25N3O3. The van der Waals surface area contributed by atoms with E-state index in [9.17, 15) is 4.79 Å². The smallest absolute Gasteiger partial charge is 0.228 e. The molecule has 29 heavy (non-hydrogen) atoms. The molecule has 0 unspecified atom stereocenters. The van der Waals surface area contributed by atoms with Gasteiger partial charge in [-0.1, -0.05) is 29.8 Å². The Hall–Kier alpha value is -3.54. The number of carbonyl (C=O) groups is 1. The highest BCUT2D eigenvalue weighted by Crippen LogP contribution is 2.17. The molecule has 0 bridgehead atoms. The Bertz CT molecular complexity index is 925. The molecule has 0 spiro atoms. The first-order chi connectivity index (χ1) is 14.1. The van der Waals surface area contributed by atoms with Crippen LogP contribution in [0.4, 0.5) is 11.5 Å². The highest BCUT2D eigenvalue weighted by atomic mass is 16.5. The number of anilines is 2. The van der Waals surface area contributed by atoms with Crippen molar-refractivity contribution in [2.24, 2.45) is 0 Å². The summed E-state index contributed by atoms with van der Waals surface area (Å²) in [6, 6.07) is 19.0. The lowest BCUT2D eigenvalue weighted by atomic mass is 10.1. The normalized spacial score (nSPS) is 10.3. The number of pyridine rings is 1. The van der Waals surface area contributed by atoms with E-state index in [0.29, 0.717) is 25.3 Å². The zero-order chi connectivity index (χ0) is 20.5. The largest absolute Gasteiger partial charge is 0.497 e. The second-order valence-electron chi connectivity index (χ2n) is 6.60. The summed E-state index contributed by atoms with van der Waals surface area (Å²) in [5.74, 6) is 2.24. The number of nitrogens with zero attached hydrogens (tertiary/aromatic N) is 1. The van der Waals surface area contributed by atoms with Crippen molar-refractivity contribution < 1.29 is 14.3 Å². The van der Waals surface area contributed by atoms with Crippen LogP contribution in [0.5, 0.6) is 11.5 Å². The van der Waals surface area contributed by atoms with E-state index in [1.165, 1.54) is 0 Å². The van der Waals surface area contributed by atoms with E-state index in [1.807, 2.05) is 67.6 Å². The monoisotopic (exact) mass is 391 g/mol. The van der Waals surface area contributed by atoms with Crippen LogP contribution >= 0.6 is 0 Å². The van der Waals surface area contributed by atoms with E-state index in [2.05, 4.69) is 15.6 Å². The van der Waals surface area contributed by atoms with Crippen LogP contribution in [0.2, 0.25) is 0 Å². The zero-order valence-electron chi connectivity index (χ0n) is 16.6. The van der Waals surface area contributed by atoms with Crippen LogP contribution in [0.15, 0.2) is 66.9 Å². The van der Waals surface area contributed by atoms with Gasteiger partial charge in [0.25, 0.3) is 0 Å². The molecule has 1 heterocycles. The van der Waals surface area contributed by atoms with Gasteiger partial charge in [0.05, 0.1) is 32.0 Å². The Balaban J connectivity index is 1.40. The number of amides is 1. The number of carbonyl (C=O) groups excluding carboxylic acids is 1. The molecule has 0 saturated heterocycles. The van der Waals surface area contributed by atoms with Gasteiger partial charge in [-0.3, -0.25) is 4.79 Å². The van der Waals surface area contributed by atoms with Crippen LogP contribution in [-0.2, 0) is 11.2 Å².